The fraction of sp³-hybridized carbons (Fsp3) is 0.250. The molecular formula is C20H21N3O4S. The molecule has 1 aromatic carbocycles. The Kier molecular flexibility index (Phi) is 8.70. The number of hydrogen-bond acceptors (Lipinski definition) is 6. The topological polar surface area (TPSA) is 106 Å². The number of carbonyl (C=O) groups is 2. The Hall–Kier alpha value is -3.33. The van der Waals surface area contributed by atoms with E-state index in [1.807, 2.05) is 24.3 Å². The number of aromatic nitrogens is 1. The molecule has 1 aromatic heterocycles. The van der Waals surface area contributed by atoms with Crippen LogP contribution in [-0.2, 0) is 4.79 Å². The van der Waals surface area contributed by atoms with E-state index in [9.17, 15) is 9.59 Å². The van der Waals surface area contributed by atoms with Crippen LogP contribution >= 0.6 is 11.3 Å². The zero-order valence-electron chi connectivity index (χ0n) is 15.6. The molecule has 0 saturated carbocycles. The summed E-state index contributed by atoms with van der Waals surface area (Å²) in [6, 6.07) is 7.30. The van der Waals surface area contributed by atoms with E-state index in [1.54, 1.807) is 7.05 Å². The molecule has 2 heterocycles. The molecule has 0 bridgehead atoms. The molecule has 1 atom stereocenters. The second-order valence-corrected chi connectivity index (χ2v) is 6.47. The number of carbonyl (C=O) groups excluding carboxylic acids is 2. The first-order valence-corrected chi connectivity index (χ1v) is 8.87. The SMILES string of the molecule is C#C.C#Cc1cccc(-c2nc(C(N)=O)sc2OC)c1.CN1CC[C@H](O)C1=O. The zero-order valence-corrected chi connectivity index (χ0v) is 16.4. The monoisotopic (exact) mass is 399 g/mol. The fourth-order valence-corrected chi connectivity index (χ4v) is 3.05. The lowest BCUT2D eigenvalue weighted by Crippen LogP contribution is -2.24. The lowest BCUT2D eigenvalue weighted by molar-refractivity contribution is -0.133. The number of thiazole rings is 1. The highest BCUT2D eigenvalue weighted by Gasteiger charge is 2.26. The van der Waals surface area contributed by atoms with Gasteiger partial charge in [0, 0.05) is 24.7 Å². The maximum atomic E-state index is 11.1. The van der Waals surface area contributed by atoms with Crippen LogP contribution in [0.15, 0.2) is 24.3 Å². The summed E-state index contributed by atoms with van der Waals surface area (Å²) in [4.78, 5) is 27.4. The van der Waals surface area contributed by atoms with Crippen LogP contribution in [0.5, 0.6) is 5.06 Å². The third-order valence-corrected chi connectivity index (χ3v) is 4.73. The van der Waals surface area contributed by atoms with Gasteiger partial charge in [-0.1, -0.05) is 29.4 Å². The molecule has 1 aliphatic rings. The summed E-state index contributed by atoms with van der Waals surface area (Å²) >= 11 is 1.12. The van der Waals surface area contributed by atoms with Crippen LogP contribution in [0.4, 0.5) is 0 Å². The minimum Gasteiger partial charge on any atom is -0.486 e. The number of terminal acetylenes is 2. The van der Waals surface area contributed by atoms with Gasteiger partial charge >= 0.3 is 0 Å². The van der Waals surface area contributed by atoms with Gasteiger partial charge in [-0.15, -0.1) is 19.3 Å². The highest BCUT2D eigenvalue weighted by molar-refractivity contribution is 7.15. The molecule has 1 saturated heterocycles. The van der Waals surface area contributed by atoms with E-state index >= 15 is 0 Å². The van der Waals surface area contributed by atoms with E-state index in [4.69, 9.17) is 22.0 Å². The average molecular weight is 399 g/mol. The Morgan fingerprint density at radius 3 is 2.57 bits per heavy atom. The maximum absolute atomic E-state index is 11.1. The Morgan fingerprint density at radius 2 is 2.14 bits per heavy atom. The summed E-state index contributed by atoms with van der Waals surface area (Å²) in [6.07, 6.45) is 13.2. The minimum absolute atomic E-state index is 0.148. The molecule has 0 aliphatic carbocycles. The number of aliphatic hydroxyl groups is 1. The van der Waals surface area contributed by atoms with E-state index < -0.39 is 12.0 Å². The number of benzene rings is 1. The van der Waals surface area contributed by atoms with E-state index in [0.29, 0.717) is 23.7 Å². The normalized spacial score (nSPS) is 14.8. The largest absolute Gasteiger partial charge is 0.486 e. The van der Waals surface area contributed by atoms with Gasteiger partial charge in [0.1, 0.15) is 11.8 Å². The van der Waals surface area contributed by atoms with Crippen molar-refractivity contribution in [3.05, 3.63) is 34.8 Å². The van der Waals surface area contributed by atoms with Gasteiger partial charge in [0.2, 0.25) is 5.06 Å². The van der Waals surface area contributed by atoms with Crippen LogP contribution in [0.1, 0.15) is 21.8 Å². The molecule has 1 fully saturated rings. The van der Waals surface area contributed by atoms with Crippen LogP contribution in [0.25, 0.3) is 11.3 Å². The first-order valence-electron chi connectivity index (χ1n) is 8.05. The number of aliphatic hydroxyl groups excluding tert-OH is 1. The molecule has 2 amide bonds. The Bertz CT molecular complexity index is 886. The maximum Gasteiger partial charge on any atom is 0.277 e. The fourth-order valence-electron chi connectivity index (χ4n) is 2.29. The quantitative estimate of drug-likeness (QED) is 0.758. The van der Waals surface area contributed by atoms with Crippen LogP contribution in [0.2, 0.25) is 0 Å². The van der Waals surface area contributed by atoms with Gasteiger partial charge in [0.25, 0.3) is 11.8 Å². The summed E-state index contributed by atoms with van der Waals surface area (Å²) in [5.41, 5.74) is 7.32. The number of likely N-dealkylation sites (tertiary alicyclic amines) is 1. The van der Waals surface area contributed by atoms with Crippen molar-refractivity contribution in [3.63, 3.8) is 0 Å². The molecule has 2 aromatic rings. The average Bonchev–Trinajstić information content (AvgIpc) is 3.29. The molecule has 0 unspecified atom stereocenters. The highest BCUT2D eigenvalue weighted by Crippen LogP contribution is 2.35. The van der Waals surface area contributed by atoms with Crippen LogP contribution in [0, 0.1) is 25.2 Å². The van der Waals surface area contributed by atoms with E-state index in [-0.39, 0.29) is 10.9 Å². The van der Waals surface area contributed by atoms with E-state index in [2.05, 4.69) is 23.8 Å². The molecular weight excluding hydrogens is 378 g/mol. The van der Waals surface area contributed by atoms with Crippen molar-refractivity contribution in [1.82, 2.24) is 9.88 Å². The predicted molar refractivity (Wildman–Crippen MR) is 109 cm³/mol. The number of likely N-dealkylation sites (N-methyl/N-ethyl adjacent to an activating group) is 1. The Balaban J connectivity index is 0.000000327. The van der Waals surface area contributed by atoms with Crippen molar-refractivity contribution in [3.8, 4) is 41.5 Å². The first kappa shape index (κ1) is 22.7. The minimum atomic E-state index is -0.722. The summed E-state index contributed by atoms with van der Waals surface area (Å²) in [7, 11) is 3.21. The smallest absolute Gasteiger partial charge is 0.277 e. The van der Waals surface area contributed by atoms with Crippen molar-refractivity contribution in [1.29, 1.82) is 0 Å². The first-order chi connectivity index (χ1) is 13.4. The van der Waals surface area contributed by atoms with Gasteiger partial charge in [0.05, 0.1) is 7.11 Å². The molecule has 8 heteroatoms. The van der Waals surface area contributed by atoms with Crippen molar-refractivity contribution >= 4 is 23.2 Å². The third-order valence-electron chi connectivity index (χ3n) is 3.69. The number of nitrogens with zero attached hydrogens (tertiary/aromatic N) is 2. The highest BCUT2D eigenvalue weighted by atomic mass is 32.1. The molecule has 146 valence electrons. The summed E-state index contributed by atoms with van der Waals surface area (Å²) in [5, 5.41) is 9.53. The lowest BCUT2D eigenvalue weighted by Gasteiger charge is -2.04. The van der Waals surface area contributed by atoms with Gasteiger partial charge in [-0.25, -0.2) is 4.98 Å². The van der Waals surface area contributed by atoms with Crippen LogP contribution in [0.3, 0.4) is 0 Å². The molecule has 0 spiro atoms. The summed E-state index contributed by atoms with van der Waals surface area (Å²) in [6.45, 7) is 0.694. The molecule has 0 radical (unpaired) electrons. The molecule has 1 aliphatic heterocycles. The molecule has 28 heavy (non-hydrogen) atoms. The number of hydrogen-bond donors (Lipinski definition) is 2. The number of primary amides is 1. The van der Waals surface area contributed by atoms with Gasteiger partial charge < -0.3 is 20.5 Å². The van der Waals surface area contributed by atoms with Gasteiger partial charge in [-0.3, -0.25) is 9.59 Å². The lowest BCUT2D eigenvalue weighted by atomic mass is 10.1. The van der Waals surface area contributed by atoms with Crippen molar-refractivity contribution < 1.29 is 19.4 Å². The third kappa shape index (κ3) is 5.58. The number of ether oxygens (including phenoxy) is 1. The van der Waals surface area contributed by atoms with Crippen molar-refractivity contribution in [2.24, 2.45) is 5.73 Å². The summed E-state index contributed by atoms with van der Waals surface area (Å²) in [5.74, 6) is 1.83. The standard InChI is InChI=1S/C13H10N2O2S.C5H9NO2.C2H2/c1-3-8-5-4-6-9(7-8)10-13(17-2)18-12(15-10)11(14)16;1-6-3-2-4(7)5(6)8;1-2/h1,4-7H,2H3,(H2,14,16);4,7H,2-3H2,1H3;1-2H/t;4-;/m.0./s1. The summed E-state index contributed by atoms with van der Waals surface area (Å²) < 4.78 is 5.20. The van der Waals surface area contributed by atoms with Crippen LogP contribution < -0.4 is 10.5 Å². The predicted octanol–water partition coefficient (Wildman–Crippen LogP) is 1.36. The molecule has 3 rings (SSSR count). The number of methoxy groups -OCH3 is 1. The van der Waals surface area contributed by atoms with Gasteiger partial charge in [-0.2, -0.15) is 0 Å². The number of rotatable bonds is 3. The zero-order chi connectivity index (χ0) is 21.3. The van der Waals surface area contributed by atoms with E-state index in [0.717, 1.165) is 22.5 Å². The second-order valence-electron chi connectivity index (χ2n) is 5.51. The number of nitrogens with two attached hydrogens (primary N) is 1. The van der Waals surface area contributed by atoms with Gasteiger partial charge in [-0.05, 0) is 18.6 Å². The van der Waals surface area contributed by atoms with E-state index in [1.165, 1.54) is 12.0 Å². The van der Waals surface area contributed by atoms with Crippen LogP contribution in [-0.4, -0.2) is 53.6 Å². The number of amides is 2. The molecule has 3 N–H and O–H groups in total. The Labute approximate surface area is 168 Å². The van der Waals surface area contributed by atoms with Gasteiger partial charge in [0.15, 0.2) is 5.01 Å². The molecule has 7 nitrogen and oxygen atoms in total. The Morgan fingerprint density at radius 1 is 1.46 bits per heavy atom. The second kappa shape index (κ2) is 10.7. The van der Waals surface area contributed by atoms with Crippen molar-refractivity contribution in [2.75, 3.05) is 20.7 Å². The van der Waals surface area contributed by atoms with Crippen molar-refractivity contribution in [2.45, 2.75) is 12.5 Å².